The van der Waals surface area contributed by atoms with Crippen molar-refractivity contribution in [2.75, 3.05) is 25.6 Å². The zero-order chi connectivity index (χ0) is 17.1. The summed E-state index contributed by atoms with van der Waals surface area (Å²) >= 11 is 4.01. The molecule has 0 bridgehead atoms. The van der Waals surface area contributed by atoms with E-state index in [9.17, 15) is 4.79 Å². The fraction of sp³-hybridized carbons (Fsp3) is 0.562. The molecule has 1 rings (SSSR count). The molecule has 1 aromatic carbocycles. The molecule has 0 saturated heterocycles. The molecule has 23 heavy (non-hydrogen) atoms. The molecule has 0 aliphatic rings. The van der Waals surface area contributed by atoms with E-state index in [0.717, 1.165) is 5.56 Å². The first-order valence-electron chi connectivity index (χ1n) is 7.62. The molecule has 2 N–H and O–H groups in total. The Balaban J connectivity index is 2.45. The molecule has 0 radical (unpaired) electrons. The van der Waals surface area contributed by atoms with E-state index >= 15 is 0 Å². The molecule has 0 saturated carbocycles. The summed E-state index contributed by atoms with van der Waals surface area (Å²) in [7, 11) is 0. The third-order valence-corrected chi connectivity index (χ3v) is 3.41. The van der Waals surface area contributed by atoms with Crippen LogP contribution in [0.15, 0.2) is 24.3 Å². The number of hydrogen-bond donors (Lipinski definition) is 3. The molecule has 0 aromatic heterocycles. The van der Waals surface area contributed by atoms with Gasteiger partial charge < -0.3 is 19.3 Å². The second-order valence-electron chi connectivity index (χ2n) is 4.75. The van der Waals surface area contributed by atoms with Crippen LogP contribution in [0.3, 0.4) is 0 Å². The van der Waals surface area contributed by atoms with Gasteiger partial charge in [0.2, 0.25) is 0 Å². The lowest BCUT2D eigenvalue weighted by Gasteiger charge is -2.17. The average molecular weight is 343 g/mol. The Bertz CT molecular complexity index is 448. The lowest BCUT2D eigenvalue weighted by atomic mass is 10.2. The minimum atomic E-state index is -0.905. The van der Waals surface area contributed by atoms with Gasteiger partial charge in [-0.05, 0) is 31.5 Å². The zero-order valence-corrected chi connectivity index (χ0v) is 14.4. The van der Waals surface area contributed by atoms with Crippen LogP contribution in [0, 0.1) is 0 Å². The van der Waals surface area contributed by atoms with Crippen LogP contribution < -0.4 is 10.1 Å². The molecule has 7 heteroatoms. The number of hydrogen-bond acceptors (Lipinski definition) is 6. The number of aliphatic carboxylic acids is 1. The molecular weight excluding hydrogens is 318 g/mol. The van der Waals surface area contributed by atoms with E-state index in [2.05, 4.69) is 17.9 Å². The molecule has 1 aromatic rings. The fourth-order valence-electron chi connectivity index (χ4n) is 1.85. The topological polar surface area (TPSA) is 77.0 Å². The van der Waals surface area contributed by atoms with Crippen molar-refractivity contribution in [3.8, 4) is 5.75 Å². The van der Waals surface area contributed by atoms with Gasteiger partial charge in [-0.1, -0.05) is 12.1 Å². The monoisotopic (exact) mass is 343 g/mol. The third kappa shape index (κ3) is 7.69. The van der Waals surface area contributed by atoms with Crippen LogP contribution in [0.5, 0.6) is 5.75 Å². The zero-order valence-electron chi connectivity index (χ0n) is 13.5. The predicted molar refractivity (Wildman–Crippen MR) is 91.1 cm³/mol. The van der Waals surface area contributed by atoms with E-state index in [1.165, 1.54) is 0 Å². The van der Waals surface area contributed by atoms with Crippen LogP contribution in [0.2, 0.25) is 0 Å². The number of rotatable bonds is 12. The van der Waals surface area contributed by atoms with Crippen LogP contribution in [0.25, 0.3) is 0 Å². The average Bonchev–Trinajstić information content (AvgIpc) is 2.54. The highest BCUT2D eigenvalue weighted by Gasteiger charge is 2.14. The molecule has 0 unspecified atom stereocenters. The van der Waals surface area contributed by atoms with E-state index in [1.807, 2.05) is 38.1 Å². The van der Waals surface area contributed by atoms with Gasteiger partial charge in [-0.15, -0.1) is 0 Å². The Kier molecular flexibility index (Phi) is 9.70. The Morgan fingerprint density at radius 3 is 2.30 bits per heavy atom. The number of nitrogens with one attached hydrogen (secondary N) is 1. The van der Waals surface area contributed by atoms with Crippen molar-refractivity contribution in [3.63, 3.8) is 0 Å². The first kappa shape index (κ1) is 19.8. The number of carboxylic acid groups (broad SMARTS) is 1. The van der Waals surface area contributed by atoms with Gasteiger partial charge in [0.25, 0.3) is 0 Å². The molecule has 0 spiro atoms. The minimum Gasteiger partial charge on any atom is -0.488 e. The second-order valence-corrected chi connectivity index (χ2v) is 5.11. The van der Waals surface area contributed by atoms with Crippen molar-refractivity contribution >= 4 is 18.6 Å². The van der Waals surface area contributed by atoms with Crippen molar-refractivity contribution in [1.82, 2.24) is 5.32 Å². The van der Waals surface area contributed by atoms with Crippen LogP contribution in [0.1, 0.15) is 19.4 Å². The van der Waals surface area contributed by atoms with Gasteiger partial charge in [0, 0.05) is 25.5 Å². The fourth-order valence-corrected chi connectivity index (χ4v) is 2.14. The lowest BCUT2D eigenvalue weighted by molar-refractivity contribution is -0.152. The summed E-state index contributed by atoms with van der Waals surface area (Å²) in [6.45, 7) is 5.72. The van der Waals surface area contributed by atoms with E-state index < -0.39 is 12.0 Å². The molecule has 0 amide bonds. The molecule has 130 valence electrons. The maximum atomic E-state index is 10.9. The van der Waals surface area contributed by atoms with Crippen LogP contribution in [-0.4, -0.2) is 49.0 Å². The lowest BCUT2D eigenvalue weighted by Crippen LogP contribution is -2.37. The van der Waals surface area contributed by atoms with Gasteiger partial charge in [0.1, 0.15) is 18.4 Å². The highest BCUT2D eigenvalue weighted by Crippen LogP contribution is 2.13. The quantitative estimate of drug-likeness (QED) is 0.398. The molecular formula is C16H25NO5S. The molecule has 6 nitrogen and oxygen atoms in total. The molecule has 1 atom stereocenters. The third-order valence-electron chi connectivity index (χ3n) is 3.05. The largest absolute Gasteiger partial charge is 0.488 e. The van der Waals surface area contributed by atoms with Gasteiger partial charge >= 0.3 is 5.97 Å². The van der Waals surface area contributed by atoms with Crippen LogP contribution in [-0.2, 0) is 20.8 Å². The molecule has 0 aliphatic carbocycles. The predicted octanol–water partition coefficient (Wildman–Crippen LogP) is 1.94. The maximum Gasteiger partial charge on any atom is 0.321 e. The second kappa shape index (κ2) is 11.3. The van der Waals surface area contributed by atoms with Crippen LogP contribution in [0.4, 0.5) is 0 Å². The summed E-state index contributed by atoms with van der Waals surface area (Å²) in [5.41, 5.74) is 0.969. The first-order chi connectivity index (χ1) is 11.1. The van der Waals surface area contributed by atoms with Crippen molar-refractivity contribution in [2.24, 2.45) is 0 Å². The van der Waals surface area contributed by atoms with E-state index in [0.29, 0.717) is 32.1 Å². The molecule has 0 heterocycles. The molecule has 0 aliphatic heterocycles. The Hall–Kier alpha value is -1.28. The van der Waals surface area contributed by atoms with E-state index in [4.69, 9.17) is 19.3 Å². The highest BCUT2D eigenvalue weighted by molar-refractivity contribution is 7.80. The summed E-state index contributed by atoms with van der Waals surface area (Å²) < 4.78 is 16.5. The van der Waals surface area contributed by atoms with Gasteiger partial charge in [0.15, 0.2) is 6.29 Å². The van der Waals surface area contributed by atoms with Crippen molar-refractivity contribution < 1.29 is 24.1 Å². The van der Waals surface area contributed by atoms with Gasteiger partial charge in [-0.3, -0.25) is 10.1 Å². The summed E-state index contributed by atoms with van der Waals surface area (Å²) in [5, 5.41) is 11.9. The van der Waals surface area contributed by atoms with Gasteiger partial charge in [0.05, 0.1) is 0 Å². The number of benzene rings is 1. The Morgan fingerprint density at radius 2 is 1.83 bits per heavy atom. The smallest absolute Gasteiger partial charge is 0.321 e. The Morgan fingerprint density at radius 1 is 1.22 bits per heavy atom. The minimum absolute atomic E-state index is 0.243. The summed E-state index contributed by atoms with van der Waals surface area (Å²) in [5.74, 6) is 0.0484. The Labute approximate surface area is 142 Å². The standard InChI is InChI=1S/C16H25NO5S/c1-3-20-15(21-4-2)10-22-13-7-5-12(6-8-13)9-17-14(11-23)16(18)19/h5-8,14-15,17,23H,3-4,9-11H2,1-2H3,(H,18,19)/t14-/m1/s1. The number of carboxylic acids is 1. The first-order valence-corrected chi connectivity index (χ1v) is 8.25. The summed E-state index contributed by atoms with van der Waals surface area (Å²) in [6.07, 6.45) is -0.377. The van der Waals surface area contributed by atoms with Gasteiger partial charge in [-0.25, -0.2) is 0 Å². The summed E-state index contributed by atoms with van der Waals surface area (Å²) in [6, 6.07) is 6.78. The van der Waals surface area contributed by atoms with Crippen LogP contribution >= 0.6 is 12.6 Å². The number of carbonyl (C=O) groups is 1. The SMILES string of the molecule is CCOC(COc1ccc(CN[C@H](CS)C(=O)O)cc1)OCC. The molecule has 0 fully saturated rings. The van der Waals surface area contributed by atoms with Gasteiger partial charge in [-0.2, -0.15) is 12.6 Å². The summed E-state index contributed by atoms with van der Waals surface area (Å²) in [4.78, 5) is 10.9. The van der Waals surface area contributed by atoms with Crippen molar-refractivity contribution in [3.05, 3.63) is 29.8 Å². The van der Waals surface area contributed by atoms with E-state index in [-0.39, 0.29) is 12.0 Å². The highest BCUT2D eigenvalue weighted by atomic mass is 32.1. The van der Waals surface area contributed by atoms with Crippen molar-refractivity contribution in [1.29, 1.82) is 0 Å². The maximum absolute atomic E-state index is 10.9. The van der Waals surface area contributed by atoms with Crippen molar-refractivity contribution in [2.45, 2.75) is 32.7 Å². The number of ether oxygens (including phenoxy) is 3. The van der Waals surface area contributed by atoms with E-state index in [1.54, 1.807) is 0 Å². The number of thiol groups is 1. The normalized spacial score (nSPS) is 12.3.